The Morgan fingerprint density at radius 3 is 2.38 bits per heavy atom. The molecule has 0 radical (unpaired) electrons. The molecule has 4 rings (SSSR count). The van der Waals surface area contributed by atoms with E-state index in [0.29, 0.717) is 31.5 Å². The Morgan fingerprint density at radius 1 is 1.12 bits per heavy atom. The van der Waals surface area contributed by atoms with Gasteiger partial charge in [0.1, 0.15) is 0 Å². The van der Waals surface area contributed by atoms with Crippen molar-refractivity contribution in [2.75, 3.05) is 39.4 Å². The van der Waals surface area contributed by atoms with E-state index in [0.717, 1.165) is 38.2 Å². The Balaban J connectivity index is 1.41. The first-order valence-corrected chi connectivity index (χ1v) is 9.55. The summed E-state index contributed by atoms with van der Waals surface area (Å²) in [6, 6.07) is 10.2. The van der Waals surface area contributed by atoms with Crippen LogP contribution in [0.15, 0.2) is 30.3 Å². The number of hydrogen-bond acceptors (Lipinski definition) is 4. The molecule has 3 heterocycles. The number of hydrogen-bond donors (Lipinski definition) is 1. The monoisotopic (exact) mass is 357 g/mol. The van der Waals surface area contributed by atoms with Crippen molar-refractivity contribution in [3.63, 3.8) is 0 Å². The van der Waals surface area contributed by atoms with Gasteiger partial charge in [0.15, 0.2) is 0 Å². The largest absolute Gasteiger partial charge is 0.381 e. The zero-order valence-corrected chi connectivity index (χ0v) is 15.0. The summed E-state index contributed by atoms with van der Waals surface area (Å²) in [7, 11) is 0. The maximum absolute atomic E-state index is 12.6. The second-order valence-corrected chi connectivity index (χ2v) is 7.87. The first-order valence-electron chi connectivity index (χ1n) is 9.55. The van der Waals surface area contributed by atoms with E-state index in [1.165, 1.54) is 0 Å². The van der Waals surface area contributed by atoms with Crippen molar-refractivity contribution >= 4 is 11.8 Å². The minimum absolute atomic E-state index is 0.0340. The van der Waals surface area contributed by atoms with E-state index >= 15 is 0 Å². The van der Waals surface area contributed by atoms with E-state index in [2.05, 4.69) is 17.0 Å². The van der Waals surface area contributed by atoms with Crippen LogP contribution in [0.3, 0.4) is 0 Å². The first-order chi connectivity index (χ1) is 12.6. The number of fused-ring (bicyclic) bond motifs is 1. The number of nitrogens with two attached hydrogens (primary N) is 1. The van der Waals surface area contributed by atoms with Crippen molar-refractivity contribution in [2.45, 2.75) is 18.9 Å². The zero-order chi connectivity index (χ0) is 18.1. The fourth-order valence-electron chi connectivity index (χ4n) is 4.77. The fraction of sp³-hybridized carbons (Fsp3) is 0.600. The Labute approximate surface area is 154 Å². The number of rotatable bonds is 5. The third-order valence-corrected chi connectivity index (χ3v) is 6.12. The van der Waals surface area contributed by atoms with Crippen LogP contribution in [0.2, 0.25) is 0 Å². The number of ether oxygens (including phenoxy) is 1. The molecule has 0 spiro atoms. The highest BCUT2D eigenvalue weighted by Gasteiger charge is 2.44. The number of amides is 2. The standard InChI is InChI=1S/C20H27N3O3/c21-19(24)8-18(14-4-2-1-3-5-14)22-9-16-11-23(12-17(16)10-22)20(25)15-6-7-26-13-15/h1-5,15-18H,6-13H2,(H2,21,24)/t15?,16?,17?,18-/m0/s1. The van der Waals surface area contributed by atoms with Gasteiger partial charge >= 0.3 is 0 Å². The summed E-state index contributed by atoms with van der Waals surface area (Å²) in [5.41, 5.74) is 6.66. The molecule has 0 aliphatic carbocycles. The van der Waals surface area contributed by atoms with Gasteiger partial charge in [0.25, 0.3) is 0 Å². The van der Waals surface area contributed by atoms with Crippen molar-refractivity contribution < 1.29 is 14.3 Å². The molecule has 2 N–H and O–H groups in total. The summed E-state index contributed by atoms with van der Waals surface area (Å²) in [6.07, 6.45) is 1.19. The van der Waals surface area contributed by atoms with Crippen LogP contribution in [0.5, 0.6) is 0 Å². The topological polar surface area (TPSA) is 75.9 Å². The third kappa shape index (κ3) is 3.48. The quantitative estimate of drug-likeness (QED) is 0.854. The van der Waals surface area contributed by atoms with Crippen molar-refractivity contribution in [1.29, 1.82) is 0 Å². The molecular weight excluding hydrogens is 330 g/mol. The zero-order valence-electron chi connectivity index (χ0n) is 15.0. The number of nitrogens with zero attached hydrogens (tertiary/aromatic N) is 2. The molecule has 3 unspecified atom stereocenters. The predicted molar refractivity (Wildman–Crippen MR) is 97.1 cm³/mol. The van der Waals surface area contributed by atoms with Gasteiger partial charge < -0.3 is 15.4 Å². The molecule has 2 amide bonds. The van der Waals surface area contributed by atoms with Crippen LogP contribution in [-0.4, -0.2) is 61.0 Å². The molecule has 6 heteroatoms. The van der Waals surface area contributed by atoms with Crippen LogP contribution >= 0.6 is 0 Å². The van der Waals surface area contributed by atoms with Gasteiger partial charge in [0.05, 0.1) is 12.5 Å². The molecule has 0 aromatic heterocycles. The SMILES string of the molecule is NC(=O)C[C@@H](c1ccccc1)N1CC2CN(C(=O)C3CCOC3)CC2C1. The lowest BCUT2D eigenvalue weighted by Crippen LogP contribution is -2.38. The van der Waals surface area contributed by atoms with E-state index < -0.39 is 0 Å². The van der Waals surface area contributed by atoms with Crippen molar-refractivity contribution in [2.24, 2.45) is 23.5 Å². The maximum Gasteiger partial charge on any atom is 0.228 e. The van der Waals surface area contributed by atoms with Crippen LogP contribution < -0.4 is 5.73 Å². The average Bonchev–Trinajstić information content (AvgIpc) is 3.35. The van der Waals surface area contributed by atoms with Crippen LogP contribution in [0.25, 0.3) is 0 Å². The Morgan fingerprint density at radius 2 is 1.81 bits per heavy atom. The number of benzene rings is 1. The smallest absolute Gasteiger partial charge is 0.228 e. The molecule has 3 aliphatic heterocycles. The van der Waals surface area contributed by atoms with Gasteiger partial charge in [0.2, 0.25) is 11.8 Å². The summed E-state index contributed by atoms with van der Waals surface area (Å²) < 4.78 is 5.37. The predicted octanol–water partition coefficient (Wildman–Crippen LogP) is 1.03. The molecular formula is C20H27N3O3. The molecule has 4 atom stereocenters. The molecule has 3 fully saturated rings. The molecule has 26 heavy (non-hydrogen) atoms. The van der Waals surface area contributed by atoms with Crippen molar-refractivity contribution in [3.8, 4) is 0 Å². The number of likely N-dealkylation sites (tertiary alicyclic amines) is 2. The van der Waals surface area contributed by atoms with E-state index in [1.807, 2.05) is 23.1 Å². The molecule has 0 bridgehead atoms. The molecule has 140 valence electrons. The average molecular weight is 357 g/mol. The minimum Gasteiger partial charge on any atom is -0.381 e. The molecule has 1 aromatic rings. The van der Waals surface area contributed by atoms with E-state index in [4.69, 9.17) is 10.5 Å². The van der Waals surface area contributed by atoms with E-state index in [-0.39, 0.29) is 23.8 Å². The molecule has 3 aliphatic rings. The summed E-state index contributed by atoms with van der Waals surface area (Å²) in [5, 5.41) is 0. The van der Waals surface area contributed by atoms with Crippen LogP contribution in [0.1, 0.15) is 24.4 Å². The number of primary amides is 1. The highest BCUT2D eigenvalue weighted by Crippen LogP contribution is 2.37. The highest BCUT2D eigenvalue weighted by atomic mass is 16.5. The number of carbonyl (C=O) groups excluding carboxylic acids is 2. The lowest BCUT2D eigenvalue weighted by atomic mass is 10.0. The lowest BCUT2D eigenvalue weighted by Gasteiger charge is -2.29. The lowest BCUT2D eigenvalue weighted by molar-refractivity contribution is -0.134. The molecule has 3 saturated heterocycles. The Kier molecular flexibility index (Phi) is 4.96. The van der Waals surface area contributed by atoms with Crippen molar-refractivity contribution in [1.82, 2.24) is 9.80 Å². The van der Waals surface area contributed by atoms with Gasteiger partial charge in [-0.1, -0.05) is 30.3 Å². The molecule has 0 saturated carbocycles. The summed E-state index contributed by atoms with van der Waals surface area (Å²) in [5.74, 6) is 1.02. The Hall–Kier alpha value is -1.92. The van der Waals surface area contributed by atoms with Gasteiger partial charge in [-0.25, -0.2) is 0 Å². The summed E-state index contributed by atoms with van der Waals surface area (Å²) >= 11 is 0. The third-order valence-electron chi connectivity index (χ3n) is 6.12. The van der Waals surface area contributed by atoms with Gasteiger partial charge in [-0.3, -0.25) is 14.5 Å². The minimum atomic E-state index is -0.269. The Bertz CT molecular complexity index is 646. The van der Waals surface area contributed by atoms with Gasteiger partial charge in [0, 0.05) is 45.2 Å². The second kappa shape index (κ2) is 7.37. The van der Waals surface area contributed by atoms with E-state index in [9.17, 15) is 9.59 Å². The highest BCUT2D eigenvalue weighted by molar-refractivity contribution is 5.79. The number of carbonyl (C=O) groups is 2. The van der Waals surface area contributed by atoms with Crippen LogP contribution in [0.4, 0.5) is 0 Å². The second-order valence-electron chi connectivity index (χ2n) is 7.87. The van der Waals surface area contributed by atoms with Gasteiger partial charge in [-0.2, -0.15) is 0 Å². The van der Waals surface area contributed by atoms with Crippen LogP contribution in [-0.2, 0) is 14.3 Å². The van der Waals surface area contributed by atoms with Crippen LogP contribution in [0, 0.1) is 17.8 Å². The van der Waals surface area contributed by atoms with Gasteiger partial charge in [-0.05, 0) is 23.8 Å². The molecule has 6 nitrogen and oxygen atoms in total. The summed E-state index contributed by atoms with van der Waals surface area (Å²) in [4.78, 5) is 28.7. The normalized spacial score (nSPS) is 29.7. The first kappa shape index (κ1) is 17.5. The van der Waals surface area contributed by atoms with E-state index in [1.54, 1.807) is 0 Å². The summed E-state index contributed by atoms with van der Waals surface area (Å²) in [6.45, 7) is 4.77. The van der Waals surface area contributed by atoms with Gasteiger partial charge in [-0.15, -0.1) is 0 Å². The van der Waals surface area contributed by atoms with Crippen molar-refractivity contribution in [3.05, 3.63) is 35.9 Å². The molecule has 1 aromatic carbocycles. The maximum atomic E-state index is 12.6. The fourth-order valence-corrected chi connectivity index (χ4v) is 4.77.